The van der Waals surface area contributed by atoms with Crippen molar-refractivity contribution in [3.63, 3.8) is 0 Å². The largest absolute Gasteiger partial charge is 0.478 e. The summed E-state index contributed by atoms with van der Waals surface area (Å²) in [6.07, 6.45) is 3.80. The molecule has 4 aromatic rings. The van der Waals surface area contributed by atoms with Gasteiger partial charge in [-0.05, 0) is 47.2 Å². The first-order valence-corrected chi connectivity index (χ1v) is 14.6. The van der Waals surface area contributed by atoms with Crippen molar-refractivity contribution in [2.45, 2.75) is 39.7 Å². The molecule has 0 spiro atoms. The highest BCUT2D eigenvalue weighted by Gasteiger charge is 2.52. The van der Waals surface area contributed by atoms with E-state index in [1.807, 2.05) is 19.2 Å². The smallest absolute Gasteiger partial charge is 0.337 e. The lowest BCUT2D eigenvalue weighted by Gasteiger charge is -2.12. The second kappa shape index (κ2) is 11.8. The monoisotopic (exact) mass is 573 g/mol. The minimum Gasteiger partial charge on any atom is -0.478 e. The highest BCUT2D eigenvalue weighted by Crippen LogP contribution is 2.63. The molecule has 5 rings (SSSR count). The maximum atomic E-state index is 11.6. The van der Waals surface area contributed by atoms with Gasteiger partial charge in [-0.15, -0.1) is 0 Å². The van der Waals surface area contributed by atoms with Crippen LogP contribution in [0.5, 0.6) is 0 Å². The van der Waals surface area contributed by atoms with Crippen molar-refractivity contribution >= 4 is 46.2 Å². The van der Waals surface area contributed by atoms with E-state index < -0.39 is 5.97 Å². The van der Waals surface area contributed by atoms with Crippen LogP contribution in [0.25, 0.3) is 22.3 Å². The highest BCUT2D eigenvalue weighted by atomic mass is 35.5. The number of nitrogens with one attached hydrogen (secondary N) is 1. The van der Waals surface area contributed by atoms with Crippen molar-refractivity contribution in [1.29, 1.82) is 0 Å². The second-order valence-electron chi connectivity index (χ2n) is 11.1. The summed E-state index contributed by atoms with van der Waals surface area (Å²) < 4.78 is 0.411. The Kier molecular flexibility index (Phi) is 8.34. The van der Waals surface area contributed by atoms with Crippen LogP contribution in [-0.2, 0) is 6.54 Å². The molecule has 0 radical (unpaired) electrons. The first kappa shape index (κ1) is 28.4. The number of quaternary nitrogens is 1. The average Bonchev–Trinajstić information content (AvgIpc) is 3.53. The van der Waals surface area contributed by atoms with Gasteiger partial charge in [0, 0.05) is 36.4 Å². The molecule has 1 unspecified atom stereocenters. The number of carboxylic acids is 1. The summed E-state index contributed by atoms with van der Waals surface area (Å²) in [7, 11) is 2.04. The summed E-state index contributed by atoms with van der Waals surface area (Å²) in [6.45, 7) is 6.51. The Morgan fingerprint density at radius 2 is 1.45 bits per heavy atom. The standard InChI is InChI=1S/C34H34Cl2N2O2/c1-22(2)6-4-5-17-37-21-23-7-9-24(10-8-23)25-11-13-26(14-12-25)28-19-32-33(20-31(28)36)38(32,3)27-15-16-30(35)29(18-27)34(39)40/h7-16,18-20,22,37H,4-6,17,21H2,1-3H3/p+1. The van der Waals surface area contributed by atoms with E-state index >= 15 is 0 Å². The molecule has 0 aliphatic carbocycles. The average molecular weight is 575 g/mol. The van der Waals surface area contributed by atoms with E-state index in [0.29, 0.717) is 9.51 Å². The molecule has 1 aliphatic heterocycles. The Hall–Kier alpha value is -3.15. The van der Waals surface area contributed by atoms with E-state index in [2.05, 4.69) is 73.8 Å². The molecule has 6 heteroatoms. The summed E-state index contributed by atoms with van der Waals surface area (Å²) in [5.74, 6) is -0.259. The SMILES string of the molecule is CC(C)CCCCNCc1ccc(-c2ccc(-c3cc4c(cc3Cl)[N+]4(C)c3ccc(Cl)c(C(=O)O)c3)cc2)cc1. The van der Waals surface area contributed by atoms with Crippen LogP contribution in [-0.4, -0.2) is 24.7 Å². The van der Waals surface area contributed by atoms with Crippen LogP contribution in [0.2, 0.25) is 10.0 Å². The Labute approximate surface area is 246 Å². The third-order valence-corrected chi connectivity index (χ3v) is 8.51. The van der Waals surface area contributed by atoms with Gasteiger partial charge in [-0.1, -0.05) is 98.4 Å². The van der Waals surface area contributed by atoms with Crippen molar-refractivity contribution in [1.82, 2.24) is 9.80 Å². The van der Waals surface area contributed by atoms with Crippen molar-refractivity contribution < 1.29 is 9.90 Å². The minimum atomic E-state index is -1.04. The van der Waals surface area contributed by atoms with E-state index in [9.17, 15) is 9.90 Å². The van der Waals surface area contributed by atoms with Crippen molar-refractivity contribution in [2.75, 3.05) is 13.6 Å². The Balaban J connectivity index is 1.26. The summed E-state index contributed by atoms with van der Waals surface area (Å²) in [5.41, 5.74) is 8.69. The molecule has 0 aromatic heterocycles. The number of halogens is 2. The second-order valence-corrected chi connectivity index (χ2v) is 12.0. The van der Waals surface area contributed by atoms with Gasteiger partial charge in [0.25, 0.3) is 0 Å². The zero-order chi connectivity index (χ0) is 28.4. The van der Waals surface area contributed by atoms with Gasteiger partial charge in [-0.25, -0.2) is 9.28 Å². The highest BCUT2D eigenvalue weighted by molar-refractivity contribution is 6.34. The van der Waals surface area contributed by atoms with E-state index in [1.165, 1.54) is 30.4 Å². The predicted octanol–water partition coefficient (Wildman–Crippen LogP) is 9.86. The maximum Gasteiger partial charge on any atom is 0.337 e. The van der Waals surface area contributed by atoms with Gasteiger partial charge in [0.2, 0.25) is 11.4 Å². The van der Waals surface area contributed by atoms with Gasteiger partial charge in [0.15, 0.2) is 0 Å². The minimum absolute atomic E-state index is 0.0969. The number of hydrogen-bond acceptors (Lipinski definition) is 2. The number of aromatic carboxylic acids is 1. The van der Waals surface area contributed by atoms with Gasteiger partial charge in [-0.3, -0.25) is 0 Å². The van der Waals surface area contributed by atoms with Gasteiger partial charge in [0.05, 0.1) is 22.7 Å². The number of rotatable bonds is 11. The zero-order valence-electron chi connectivity index (χ0n) is 23.2. The fraction of sp³-hybridized carbons (Fsp3) is 0.265. The molecule has 4 nitrogen and oxygen atoms in total. The Bertz CT molecular complexity index is 1530. The van der Waals surface area contributed by atoms with Gasteiger partial charge >= 0.3 is 5.97 Å². The number of fused-ring (bicyclic) bond motifs is 1. The third-order valence-electron chi connectivity index (χ3n) is 7.87. The van der Waals surface area contributed by atoms with E-state index in [1.54, 1.807) is 12.1 Å². The molecule has 0 bridgehead atoms. The maximum absolute atomic E-state index is 11.6. The molecule has 1 aliphatic rings. The topological polar surface area (TPSA) is 49.3 Å². The van der Waals surface area contributed by atoms with Crippen LogP contribution in [0, 0.1) is 5.92 Å². The molecule has 0 fully saturated rings. The molecule has 0 saturated carbocycles. The lowest BCUT2D eigenvalue weighted by Crippen LogP contribution is -2.17. The van der Waals surface area contributed by atoms with Crippen LogP contribution in [0.1, 0.15) is 49.0 Å². The van der Waals surface area contributed by atoms with Gasteiger partial charge in [0.1, 0.15) is 5.69 Å². The zero-order valence-corrected chi connectivity index (χ0v) is 24.7. The quantitative estimate of drug-likeness (QED) is 0.107. The first-order chi connectivity index (χ1) is 19.2. The van der Waals surface area contributed by atoms with Crippen molar-refractivity contribution in [2.24, 2.45) is 5.92 Å². The number of unbranched alkanes of at least 4 members (excludes halogenated alkanes) is 1. The van der Waals surface area contributed by atoms with Crippen LogP contribution < -0.4 is 9.80 Å². The number of benzene rings is 4. The van der Waals surface area contributed by atoms with Gasteiger partial charge < -0.3 is 10.4 Å². The Morgan fingerprint density at radius 3 is 2.10 bits per heavy atom. The van der Waals surface area contributed by atoms with Crippen LogP contribution in [0.4, 0.5) is 17.1 Å². The molecule has 2 N–H and O–H groups in total. The molecule has 206 valence electrons. The summed E-state index contributed by atoms with van der Waals surface area (Å²) in [5, 5.41) is 14.0. The van der Waals surface area contributed by atoms with Crippen LogP contribution in [0.3, 0.4) is 0 Å². The Morgan fingerprint density at radius 1 is 0.825 bits per heavy atom. The molecular weight excluding hydrogens is 539 g/mol. The van der Waals surface area contributed by atoms with E-state index in [-0.39, 0.29) is 10.6 Å². The third kappa shape index (κ3) is 5.82. The predicted molar refractivity (Wildman–Crippen MR) is 168 cm³/mol. The number of carboxylic acid groups (broad SMARTS) is 1. The molecule has 4 aromatic carbocycles. The van der Waals surface area contributed by atoms with Gasteiger partial charge in [-0.2, -0.15) is 0 Å². The molecule has 1 heterocycles. The molecular formula is C34H35Cl2N2O2+. The van der Waals surface area contributed by atoms with Crippen molar-refractivity contribution in [3.8, 4) is 22.3 Å². The number of hydrogen-bond donors (Lipinski definition) is 2. The fourth-order valence-electron chi connectivity index (χ4n) is 5.33. The van der Waals surface area contributed by atoms with Crippen LogP contribution >= 0.6 is 23.2 Å². The molecule has 40 heavy (non-hydrogen) atoms. The molecule has 0 saturated heterocycles. The molecule has 0 amide bonds. The summed E-state index contributed by atoms with van der Waals surface area (Å²) >= 11 is 12.8. The van der Waals surface area contributed by atoms with Crippen LogP contribution in [0.15, 0.2) is 78.9 Å². The lowest BCUT2D eigenvalue weighted by molar-refractivity contribution is 0.0697. The van der Waals surface area contributed by atoms with E-state index in [4.69, 9.17) is 23.2 Å². The summed E-state index contributed by atoms with van der Waals surface area (Å²) in [4.78, 5) is 11.6. The molecule has 1 atom stereocenters. The van der Waals surface area contributed by atoms with E-state index in [0.717, 1.165) is 52.8 Å². The number of carbonyl (C=O) groups is 1. The van der Waals surface area contributed by atoms with Crippen molar-refractivity contribution in [3.05, 3.63) is 100 Å². The fourth-order valence-corrected chi connectivity index (χ4v) is 5.79. The first-order valence-electron chi connectivity index (χ1n) is 13.8. The lowest BCUT2D eigenvalue weighted by atomic mass is 9.99. The summed E-state index contributed by atoms with van der Waals surface area (Å²) in [6, 6.07) is 26.4. The normalized spacial score (nSPS) is 15.8. The number of nitrogens with zero attached hydrogens (tertiary/aromatic N) is 1.